The Balaban J connectivity index is 2.13. The van der Waals surface area contributed by atoms with Gasteiger partial charge < -0.3 is 15.5 Å². The van der Waals surface area contributed by atoms with Gasteiger partial charge in [0.1, 0.15) is 16.7 Å². The molecule has 20 heavy (non-hydrogen) atoms. The van der Waals surface area contributed by atoms with Crippen molar-refractivity contribution in [2.75, 3.05) is 12.4 Å². The fourth-order valence-corrected chi connectivity index (χ4v) is 1.95. The molecule has 2 N–H and O–H groups in total. The Morgan fingerprint density at radius 2 is 1.95 bits per heavy atom. The minimum Gasteiger partial charge on any atom is -0.497 e. The van der Waals surface area contributed by atoms with Crippen LogP contribution in [0.1, 0.15) is 18.1 Å². The van der Waals surface area contributed by atoms with Gasteiger partial charge in [-0.05, 0) is 36.8 Å². The summed E-state index contributed by atoms with van der Waals surface area (Å²) in [5.74, 6) is 1.45. The predicted molar refractivity (Wildman–Crippen MR) is 82.1 cm³/mol. The lowest BCUT2D eigenvalue weighted by Gasteiger charge is -2.11. The van der Waals surface area contributed by atoms with Gasteiger partial charge in [0.05, 0.1) is 7.11 Å². The first-order valence-electron chi connectivity index (χ1n) is 6.19. The summed E-state index contributed by atoms with van der Waals surface area (Å²) in [6.07, 6.45) is 0. The van der Waals surface area contributed by atoms with Crippen molar-refractivity contribution >= 4 is 23.1 Å². The summed E-state index contributed by atoms with van der Waals surface area (Å²) >= 11 is 5.90. The van der Waals surface area contributed by atoms with Crippen LogP contribution in [0.5, 0.6) is 5.75 Å². The maximum absolute atomic E-state index is 7.74. The van der Waals surface area contributed by atoms with Crippen molar-refractivity contribution in [2.24, 2.45) is 0 Å². The molecule has 1 aromatic heterocycles. The highest BCUT2D eigenvalue weighted by Crippen LogP contribution is 2.18. The zero-order valence-corrected chi connectivity index (χ0v) is 12.2. The van der Waals surface area contributed by atoms with Gasteiger partial charge in [-0.1, -0.05) is 23.7 Å². The lowest BCUT2D eigenvalue weighted by atomic mass is 10.1. The van der Waals surface area contributed by atoms with Crippen molar-refractivity contribution in [2.45, 2.75) is 13.5 Å². The van der Waals surface area contributed by atoms with Gasteiger partial charge >= 0.3 is 0 Å². The standard InChI is InChI=1S/C15H16ClN3O/c1-10(17)13-7-8-14(16)19-15(13)18-9-11-3-5-12(20-2)6-4-11/h3-8,17H,9H2,1-2H3,(H,18,19). The Hall–Kier alpha value is -2.07. The third-order valence-corrected chi connectivity index (χ3v) is 3.09. The van der Waals surface area contributed by atoms with Gasteiger partial charge in [0.15, 0.2) is 0 Å². The molecule has 0 aliphatic rings. The highest BCUT2D eigenvalue weighted by molar-refractivity contribution is 6.29. The Kier molecular flexibility index (Phi) is 4.58. The van der Waals surface area contributed by atoms with Gasteiger partial charge in [0.25, 0.3) is 0 Å². The highest BCUT2D eigenvalue weighted by Gasteiger charge is 2.07. The van der Waals surface area contributed by atoms with Crippen LogP contribution >= 0.6 is 11.6 Å². The van der Waals surface area contributed by atoms with Crippen LogP contribution < -0.4 is 10.1 Å². The summed E-state index contributed by atoms with van der Waals surface area (Å²) in [5.41, 5.74) is 2.30. The SMILES string of the molecule is COc1ccc(CNc2nc(Cl)ccc2C(C)=N)cc1. The van der Waals surface area contributed by atoms with Gasteiger partial charge in [-0.3, -0.25) is 0 Å². The van der Waals surface area contributed by atoms with E-state index in [0.717, 1.165) is 16.9 Å². The van der Waals surface area contributed by atoms with E-state index in [1.807, 2.05) is 24.3 Å². The molecule has 0 fully saturated rings. The molecule has 0 saturated heterocycles. The molecule has 104 valence electrons. The molecule has 0 unspecified atom stereocenters. The van der Waals surface area contributed by atoms with Crippen LogP contribution in [0.25, 0.3) is 0 Å². The van der Waals surface area contributed by atoms with E-state index in [2.05, 4.69) is 10.3 Å². The summed E-state index contributed by atoms with van der Waals surface area (Å²) in [5, 5.41) is 11.4. The summed E-state index contributed by atoms with van der Waals surface area (Å²) in [4.78, 5) is 4.23. The van der Waals surface area contributed by atoms with Gasteiger partial charge in [0.2, 0.25) is 0 Å². The molecule has 0 spiro atoms. The second-order valence-electron chi connectivity index (χ2n) is 4.36. The molecule has 0 saturated carbocycles. The molecule has 2 rings (SSSR count). The normalized spacial score (nSPS) is 10.2. The Labute approximate surface area is 123 Å². The van der Waals surface area contributed by atoms with Crippen molar-refractivity contribution in [3.05, 3.63) is 52.7 Å². The van der Waals surface area contributed by atoms with E-state index in [4.69, 9.17) is 21.7 Å². The van der Waals surface area contributed by atoms with Gasteiger partial charge in [-0.25, -0.2) is 4.98 Å². The average molecular weight is 290 g/mol. The van der Waals surface area contributed by atoms with Crippen LogP contribution in [0.4, 0.5) is 5.82 Å². The number of pyridine rings is 1. The van der Waals surface area contributed by atoms with Crippen LogP contribution in [0.3, 0.4) is 0 Å². The number of aromatic nitrogens is 1. The van der Waals surface area contributed by atoms with Crippen molar-refractivity contribution in [1.29, 1.82) is 5.41 Å². The fourth-order valence-electron chi connectivity index (χ4n) is 1.80. The number of hydrogen-bond acceptors (Lipinski definition) is 4. The summed E-state index contributed by atoms with van der Waals surface area (Å²) in [6, 6.07) is 11.3. The Morgan fingerprint density at radius 1 is 1.25 bits per heavy atom. The molecule has 1 aromatic carbocycles. The largest absolute Gasteiger partial charge is 0.497 e. The van der Waals surface area contributed by atoms with E-state index in [1.165, 1.54) is 0 Å². The van der Waals surface area contributed by atoms with Gasteiger partial charge in [-0.15, -0.1) is 0 Å². The third-order valence-electron chi connectivity index (χ3n) is 2.88. The molecule has 0 aliphatic heterocycles. The summed E-state index contributed by atoms with van der Waals surface area (Å²) < 4.78 is 5.12. The van der Waals surface area contributed by atoms with Crippen LogP contribution in [-0.2, 0) is 6.54 Å². The minimum absolute atomic E-state index is 0.409. The van der Waals surface area contributed by atoms with E-state index in [9.17, 15) is 0 Å². The number of nitrogens with zero attached hydrogens (tertiary/aromatic N) is 1. The van der Waals surface area contributed by atoms with Gasteiger partial charge in [0, 0.05) is 17.8 Å². The van der Waals surface area contributed by atoms with Crippen LogP contribution in [0.15, 0.2) is 36.4 Å². The highest BCUT2D eigenvalue weighted by atomic mass is 35.5. The number of nitrogens with one attached hydrogen (secondary N) is 2. The zero-order chi connectivity index (χ0) is 14.5. The van der Waals surface area contributed by atoms with Crippen molar-refractivity contribution in [3.63, 3.8) is 0 Å². The van der Waals surface area contributed by atoms with Crippen LogP contribution in [0.2, 0.25) is 5.15 Å². The van der Waals surface area contributed by atoms with Gasteiger partial charge in [-0.2, -0.15) is 0 Å². The first-order valence-corrected chi connectivity index (χ1v) is 6.57. The van der Waals surface area contributed by atoms with E-state index in [0.29, 0.717) is 23.2 Å². The number of benzene rings is 1. The zero-order valence-electron chi connectivity index (χ0n) is 11.4. The second kappa shape index (κ2) is 6.39. The fraction of sp³-hybridized carbons (Fsp3) is 0.200. The first kappa shape index (κ1) is 14.3. The number of ether oxygens (including phenoxy) is 1. The Bertz CT molecular complexity index is 611. The quantitative estimate of drug-likeness (QED) is 0.651. The number of methoxy groups -OCH3 is 1. The van der Waals surface area contributed by atoms with Crippen molar-refractivity contribution in [3.8, 4) is 5.75 Å². The number of rotatable bonds is 5. The predicted octanol–water partition coefficient (Wildman–Crippen LogP) is 3.74. The molecule has 1 heterocycles. The topological polar surface area (TPSA) is 58.0 Å². The molecule has 0 atom stereocenters. The average Bonchev–Trinajstić information content (AvgIpc) is 2.45. The van der Waals surface area contributed by atoms with Crippen molar-refractivity contribution in [1.82, 2.24) is 4.98 Å². The summed E-state index contributed by atoms with van der Waals surface area (Å²) in [6.45, 7) is 2.33. The van der Waals surface area contributed by atoms with Crippen LogP contribution in [0, 0.1) is 5.41 Å². The van der Waals surface area contributed by atoms with E-state index >= 15 is 0 Å². The molecule has 4 nitrogen and oxygen atoms in total. The molecule has 0 aliphatic carbocycles. The van der Waals surface area contributed by atoms with Crippen molar-refractivity contribution < 1.29 is 4.74 Å². The van der Waals surface area contributed by atoms with E-state index < -0.39 is 0 Å². The summed E-state index contributed by atoms with van der Waals surface area (Å²) in [7, 11) is 1.64. The maximum atomic E-state index is 7.74. The lowest BCUT2D eigenvalue weighted by Crippen LogP contribution is -2.07. The molecule has 0 radical (unpaired) electrons. The smallest absolute Gasteiger partial charge is 0.137 e. The Morgan fingerprint density at radius 3 is 2.55 bits per heavy atom. The molecular weight excluding hydrogens is 274 g/mol. The minimum atomic E-state index is 0.409. The lowest BCUT2D eigenvalue weighted by molar-refractivity contribution is 0.414. The second-order valence-corrected chi connectivity index (χ2v) is 4.74. The van der Waals surface area contributed by atoms with E-state index in [1.54, 1.807) is 26.2 Å². The van der Waals surface area contributed by atoms with E-state index in [-0.39, 0.29) is 0 Å². The first-order chi connectivity index (χ1) is 9.60. The number of hydrogen-bond donors (Lipinski definition) is 2. The molecule has 2 aromatic rings. The van der Waals surface area contributed by atoms with Crippen LogP contribution in [-0.4, -0.2) is 17.8 Å². The maximum Gasteiger partial charge on any atom is 0.137 e. The third kappa shape index (κ3) is 3.48. The number of anilines is 1. The monoisotopic (exact) mass is 289 g/mol. The molecule has 0 amide bonds. The molecular formula is C15H16ClN3O. The number of halogens is 1. The molecule has 5 heteroatoms. The molecule has 0 bridgehead atoms.